The van der Waals surface area contributed by atoms with Gasteiger partial charge in [0.2, 0.25) is 5.91 Å². The number of benzene rings is 2. The quantitative estimate of drug-likeness (QED) is 0.843. The minimum atomic E-state index is -3.01. The Labute approximate surface area is 143 Å². The molecule has 2 aromatic rings. The molecule has 1 amide bonds. The van der Waals surface area contributed by atoms with E-state index in [9.17, 15) is 23.5 Å². The zero-order chi connectivity index (χ0) is 18.2. The number of carboxylic acid groups (broad SMARTS) is 1. The van der Waals surface area contributed by atoms with Crippen molar-refractivity contribution < 1.29 is 23.5 Å². The Kier molecular flexibility index (Phi) is 4.22. The maximum absolute atomic E-state index is 13.3. The summed E-state index contributed by atoms with van der Waals surface area (Å²) in [5.74, 6) is -5.75. The van der Waals surface area contributed by atoms with Gasteiger partial charge in [-0.15, -0.1) is 0 Å². The number of hydrogen-bond donors (Lipinski definition) is 2. The van der Waals surface area contributed by atoms with Crippen LogP contribution in [0.1, 0.15) is 18.9 Å². The predicted octanol–water partition coefficient (Wildman–Crippen LogP) is 3.24. The minimum absolute atomic E-state index is 0.178. The molecular weight excluding hydrogens is 328 g/mol. The van der Waals surface area contributed by atoms with Crippen LogP contribution in [0.2, 0.25) is 0 Å². The molecule has 2 atom stereocenters. The SMILES string of the molecule is CC1(C(=O)NCC(Cc2cccc3ccccc23)C(=O)O)CC1(F)F. The Hall–Kier alpha value is -2.50. The standard InChI is InChI=1S/C19H19F2NO3/c1-18(11-19(18,20)21)17(25)22-10-14(16(23)24)9-13-7-4-6-12-5-2-3-8-15(12)13/h2-8,14H,9-11H2,1H3,(H,22,25)(H,23,24). The Morgan fingerprint density at radius 3 is 2.48 bits per heavy atom. The van der Waals surface area contributed by atoms with E-state index in [-0.39, 0.29) is 13.0 Å². The normalized spacial score (nSPS) is 22.4. The summed E-state index contributed by atoms with van der Waals surface area (Å²) in [6.07, 6.45) is -0.281. The van der Waals surface area contributed by atoms with Crippen LogP contribution in [0.5, 0.6) is 0 Å². The summed E-state index contributed by atoms with van der Waals surface area (Å²) in [6.45, 7) is 1.02. The number of amides is 1. The van der Waals surface area contributed by atoms with Crippen molar-refractivity contribution in [1.29, 1.82) is 0 Å². The maximum Gasteiger partial charge on any atom is 0.308 e. The first-order valence-corrected chi connectivity index (χ1v) is 8.10. The van der Waals surface area contributed by atoms with Gasteiger partial charge < -0.3 is 10.4 Å². The van der Waals surface area contributed by atoms with Crippen LogP contribution in [-0.4, -0.2) is 29.5 Å². The summed E-state index contributed by atoms with van der Waals surface area (Å²) >= 11 is 0. The van der Waals surface area contributed by atoms with Crippen molar-refractivity contribution in [3.05, 3.63) is 48.0 Å². The summed E-state index contributed by atoms with van der Waals surface area (Å²) in [5.41, 5.74) is -0.863. The smallest absolute Gasteiger partial charge is 0.308 e. The molecule has 1 aliphatic carbocycles. The van der Waals surface area contributed by atoms with E-state index in [1.807, 2.05) is 42.5 Å². The average Bonchev–Trinajstić information content (AvgIpc) is 3.10. The fraction of sp³-hybridized carbons (Fsp3) is 0.368. The molecule has 132 valence electrons. The van der Waals surface area contributed by atoms with Crippen molar-refractivity contribution in [2.45, 2.75) is 25.7 Å². The number of rotatable bonds is 6. The number of hydrogen-bond acceptors (Lipinski definition) is 2. The van der Waals surface area contributed by atoms with Gasteiger partial charge in [-0.2, -0.15) is 0 Å². The molecule has 0 bridgehead atoms. The van der Waals surface area contributed by atoms with Crippen molar-refractivity contribution in [3.8, 4) is 0 Å². The zero-order valence-electron chi connectivity index (χ0n) is 13.8. The molecule has 4 nitrogen and oxygen atoms in total. The number of nitrogens with one attached hydrogen (secondary N) is 1. The van der Waals surface area contributed by atoms with E-state index in [1.54, 1.807) is 0 Å². The summed E-state index contributed by atoms with van der Waals surface area (Å²) in [6, 6.07) is 13.3. The van der Waals surface area contributed by atoms with Crippen molar-refractivity contribution in [3.63, 3.8) is 0 Å². The topological polar surface area (TPSA) is 66.4 Å². The third-order valence-corrected chi connectivity index (χ3v) is 4.96. The number of aliphatic carboxylic acids is 1. The first-order chi connectivity index (χ1) is 11.7. The van der Waals surface area contributed by atoms with E-state index in [0.717, 1.165) is 16.3 Å². The van der Waals surface area contributed by atoms with Crippen LogP contribution in [-0.2, 0) is 16.0 Å². The molecule has 3 rings (SSSR count). The molecule has 0 aliphatic heterocycles. The van der Waals surface area contributed by atoms with Crippen LogP contribution in [0.4, 0.5) is 8.78 Å². The largest absolute Gasteiger partial charge is 0.481 e. The summed E-state index contributed by atoms with van der Waals surface area (Å²) in [7, 11) is 0. The van der Waals surface area contributed by atoms with Crippen molar-refractivity contribution in [1.82, 2.24) is 5.32 Å². The highest BCUT2D eigenvalue weighted by Crippen LogP contribution is 2.60. The van der Waals surface area contributed by atoms with Gasteiger partial charge in [-0.05, 0) is 29.7 Å². The Morgan fingerprint density at radius 2 is 1.84 bits per heavy atom. The maximum atomic E-state index is 13.3. The third-order valence-electron chi connectivity index (χ3n) is 4.96. The van der Waals surface area contributed by atoms with E-state index in [4.69, 9.17) is 0 Å². The summed E-state index contributed by atoms with van der Waals surface area (Å²) in [4.78, 5) is 23.5. The van der Waals surface area contributed by atoms with Crippen LogP contribution in [0.25, 0.3) is 10.8 Å². The van der Waals surface area contributed by atoms with Gasteiger partial charge in [0.05, 0.1) is 5.92 Å². The highest BCUT2D eigenvalue weighted by Gasteiger charge is 2.72. The van der Waals surface area contributed by atoms with Gasteiger partial charge in [0.15, 0.2) is 0 Å². The molecule has 1 aliphatic rings. The van der Waals surface area contributed by atoms with E-state index >= 15 is 0 Å². The highest BCUT2D eigenvalue weighted by atomic mass is 19.3. The van der Waals surface area contributed by atoms with Gasteiger partial charge in [0.25, 0.3) is 5.92 Å². The summed E-state index contributed by atoms with van der Waals surface area (Å²) < 4.78 is 26.5. The van der Waals surface area contributed by atoms with Gasteiger partial charge >= 0.3 is 5.97 Å². The van der Waals surface area contributed by atoms with E-state index in [0.29, 0.717) is 0 Å². The number of halogens is 2. The highest BCUT2D eigenvalue weighted by molar-refractivity contribution is 5.88. The number of carbonyl (C=O) groups is 2. The van der Waals surface area contributed by atoms with Crippen LogP contribution in [0, 0.1) is 11.3 Å². The molecular formula is C19H19F2NO3. The molecule has 0 heterocycles. The average molecular weight is 347 g/mol. The molecule has 0 aromatic heterocycles. The van der Waals surface area contributed by atoms with Crippen molar-refractivity contribution >= 4 is 22.6 Å². The molecule has 0 spiro atoms. The number of fused-ring (bicyclic) bond motifs is 1. The number of carboxylic acids is 1. The van der Waals surface area contributed by atoms with Crippen LogP contribution < -0.4 is 5.32 Å². The minimum Gasteiger partial charge on any atom is -0.481 e. The van der Waals surface area contributed by atoms with E-state index in [1.165, 1.54) is 6.92 Å². The molecule has 6 heteroatoms. The second kappa shape index (κ2) is 6.10. The van der Waals surface area contributed by atoms with Gasteiger partial charge in [-0.25, -0.2) is 8.78 Å². The lowest BCUT2D eigenvalue weighted by molar-refractivity contribution is -0.141. The predicted molar refractivity (Wildman–Crippen MR) is 89.5 cm³/mol. The molecule has 25 heavy (non-hydrogen) atoms. The Morgan fingerprint density at radius 1 is 1.20 bits per heavy atom. The zero-order valence-corrected chi connectivity index (χ0v) is 13.8. The molecule has 1 fully saturated rings. The van der Waals surface area contributed by atoms with E-state index in [2.05, 4.69) is 5.32 Å². The lowest BCUT2D eigenvalue weighted by Crippen LogP contribution is -2.39. The van der Waals surface area contributed by atoms with Gasteiger partial charge in [0, 0.05) is 13.0 Å². The fourth-order valence-corrected chi connectivity index (χ4v) is 3.04. The second-order valence-corrected chi connectivity index (χ2v) is 6.80. The van der Waals surface area contributed by atoms with Crippen LogP contribution >= 0.6 is 0 Å². The number of carbonyl (C=O) groups excluding carboxylic acids is 1. The monoisotopic (exact) mass is 347 g/mol. The first kappa shape index (κ1) is 17.3. The van der Waals surface area contributed by atoms with Gasteiger partial charge in [-0.3, -0.25) is 9.59 Å². The number of alkyl halides is 2. The van der Waals surface area contributed by atoms with Crippen LogP contribution in [0.3, 0.4) is 0 Å². The second-order valence-electron chi connectivity index (χ2n) is 6.80. The molecule has 2 N–H and O–H groups in total. The van der Waals surface area contributed by atoms with Crippen LogP contribution in [0.15, 0.2) is 42.5 Å². The molecule has 0 radical (unpaired) electrons. The third kappa shape index (κ3) is 3.21. The van der Waals surface area contributed by atoms with E-state index < -0.39 is 35.6 Å². The fourth-order valence-electron chi connectivity index (χ4n) is 3.04. The van der Waals surface area contributed by atoms with Gasteiger partial charge in [-0.1, -0.05) is 42.5 Å². The first-order valence-electron chi connectivity index (χ1n) is 8.10. The molecule has 2 unspecified atom stereocenters. The Balaban J connectivity index is 1.72. The molecule has 0 saturated heterocycles. The molecule has 2 aromatic carbocycles. The van der Waals surface area contributed by atoms with Crippen molar-refractivity contribution in [2.24, 2.45) is 11.3 Å². The van der Waals surface area contributed by atoms with Gasteiger partial charge in [0.1, 0.15) is 5.41 Å². The lowest BCUT2D eigenvalue weighted by Gasteiger charge is -2.17. The van der Waals surface area contributed by atoms with Crippen molar-refractivity contribution in [2.75, 3.05) is 6.54 Å². The summed E-state index contributed by atoms with van der Waals surface area (Å²) in [5, 5.41) is 13.8. The molecule has 1 saturated carbocycles. The lowest BCUT2D eigenvalue weighted by atomic mass is 9.94. The Bertz CT molecular complexity index is 831.